The smallest absolute Gasteiger partial charge is 0.233 e. The van der Waals surface area contributed by atoms with E-state index < -0.39 is 15.4 Å². The zero-order valence-corrected chi connectivity index (χ0v) is 15.7. The van der Waals surface area contributed by atoms with Gasteiger partial charge in [-0.1, -0.05) is 29.8 Å². The zero-order valence-electron chi connectivity index (χ0n) is 14.9. The molecule has 0 N–H and O–H groups in total. The highest BCUT2D eigenvalue weighted by atomic mass is 32.2. The molecule has 6 nitrogen and oxygen atoms in total. The molecule has 3 rings (SSSR count). The van der Waals surface area contributed by atoms with Crippen molar-refractivity contribution in [2.45, 2.75) is 25.2 Å². The van der Waals surface area contributed by atoms with Crippen molar-refractivity contribution in [2.75, 3.05) is 45.6 Å². The predicted octanol–water partition coefficient (Wildman–Crippen LogP) is 1.15. The van der Waals surface area contributed by atoms with E-state index in [2.05, 4.69) is 0 Å². The Labute approximate surface area is 149 Å². The number of carbonyl (C=O) groups is 1. The van der Waals surface area contributed by atoms with Gasteiger partial charge in [-0.3, -0.25) is 4.79 Å². The zero-order chi connectivity index (χ0) is 18.1. The molecule has 2 saturated heterocycles. The molecule has 138 valence electrons. The lowest BCUT2D eigenvalue weighted by atomic mass is 9.72. The minimum absolute atomic E-state index is 0.104. The molecule has 0 aliphatic carbocycles. The van der Waals surface area contributed by atoms with Crippen molar-refractivity contribution >= 4 is 15.9 Å². The summed E-state index contributed by atoms with van der Waals surface area (Å²) in [7, 11) is -3.20. The molecule has 0 radical (unpaired) electrons. The molecule has 1 amide bonds. The van der Waals surface area contributed by atoms with E-state index in [-0.39, 0.29) is 5.91 Å². The second-order valence-corrected chi connectivity index (χ2v) is 9.00. The van der Waals surface area contributed by atoms with E-state index in [0.29, 0.717) is 52.2 Å². The molecule has 0 unspecified atom stereocenters. The van der Waals surface area contributed by atoms with Crippen LogP contribution >= 0.6 is 0 Å². The second-order valence-electron chi connectivity index (χ2n) is 7.01. The largest absolute Gasteiger partial charge is 0.381 e. The Morgan fingerprint density at radius 1 is 1.04 bits per heavy atom. The summed E-state index contributed by atoms with van der Waals surface area (Å²) >= 11 is 0. The lowest BCUT2D eigenvalue weighted by molar-refractivity contribution is -0.142. The fraction of sp³-hybridized carbons (Fsp3) is 0.611. The van der Waals surface area contributed by atoms with E-state index >= 15 is 0 Å². The lowest BCUT2D eigenvalue weighted by Gasteiger charge is -2.42. The summed E-state index contributed by atoms with van der Waals surface area (Å²) in [6.07, 6.45) is 2.55. The Hall–Kier alpha value is -1.44. The van der Waals surface area contributed by atoms with Gasteiger partial charge in [-0.15, -0.1) is 0 Å². The van der Waals surface area contributed by atoms with Crippen molar-refractivity contribution in [2.24, 2.45) is 0 Å². The average Bonchev–Trinajstić information content (AvgIpc) is 2.61. The van der Waals surface area contributed by atoms with Crippen LogP contribution in [0.4, 0.5) is 0 Å². The van der Waals surface area contributed by atoms with Crippen molar-refractivity contribution in [3.63, 3.8) is 0 Å². The van der Waals surface area contributed by atoms with Crippen molar-refractivity contribution < 1.29 is 17.9 Å². The third-order valence-electron chi connectivity index (χ3n) is 5.35. The monoisotopic (exact) mass is 366 g/mol. The van der Waals surface area contributed by atoms with Crippen LogP contribution in [-0.2, 0) is 25.0 Å². The standard InChI is InChI=1S/C18H26N2O4S/c1-15-3-5-16(6-4-15)18(7-13-24-14-8-18)17(21)19-9-11-20(12-10-19)25(2,22)23/h3-6H,7-14H2,1-2H3. The van der Waals surface area contributed by atoms with Gasteiger partial charge >= 0.3 is 0 Å². The molecule has 0 atom stereocenters. The molecule has 0 aromatic heterocycles. The quantitative estimate of drug-likeness (QED) is 0.805. The van der Waals surface area contributed by atoms with Crippen LogP contribution in [0.5, 0.6) is 0 Å². The Morgan fingerprint density at radius 2 is 1.60 bits per heavy atom. The van der Waals surface area contributed by atoms with Crippen LogP contribution in [-0.4, -0.2) is 69.2 Å². The summed E-state index contributed by atoms with van der Waals surface area (Å²) in [6, 6.07) is 8.18. The number of piperazine rings is 1. The van der Waals surface area contributed by atoms with E-state index in [0.717, 1.165) is 5.56 Å². The summed E-state index contributed by atoms with van der Waals surface area (Å²) in [5, 5.41) is 0. The van der Waals surface area contributed by atoms with Gasteiger partial charge in [-0.05, 0) is 25.3 Å². The predicted molar refractivity (Wildman–Crippen MR) is 95.9 cm³/mol. The fourth-order valence-corrected chi connectivity index (χ4v) is 4.57. The first-order valence-electron chi connectivity index (χ1n) is 8.72. The van der Waals surface area contributed by atoms with Crippen LogP contribution in [0.25, 0.3) is 0 Å². The van der Waals surface area contributed by atoms with Gasteiger partial charge in [0.25, 0.3) is 0 Å². The number of nitrogens with zero attached hydrogens (tertiary/aromatic N) is 2. The summed E-state index contributed by atoms with van der Waals surface area (Å²) in [5.74, 6) is 0.104. The first-order valence-corrected chi connectivity index (χ1v) is 10.6. The van der Waals surface area contributed by atoms with E-state index in [1.807, 2.05) is 36.1 Å². The van der Waals surface area contributed by atoms with Gasteiger partial charge < -0.3 is 9.64 Å². The maximum Gasteiger partial charge on any atom is 0.233 e. The SMILES string of the molecule is Cc1ccc(C2(C(=O)N3CCN(S(C)(=O)=O)CC3)CCOCC2)cc1. The fourth-order valence-electron chi connectivity index (χ4n) is 3.74. The average molecular weight is 366 g/mol. The number of benzene rings is 1. The van der Waals surface area contributed by atoms with Crippen LogP contribution in [0.3, 0.4) is 0 Å². The second kappa shape index (κ2) is 7.05. The molecular formula is C18H26N2O4S. The van der Waals surface area contributed by atoms with Crippen LogP contribution in [0.15, 0.2) is 24.3 Å². The van der Waals surface area contributed by atoms with Crippen LogP contribution in [0.2, 0.25) is 0 Å². The highest BCUT2D eigenvalue weighted by Crippen LogP contribution is 2.37. The minimum Gasteiger partial charge on any atom is -0.381 e. The maximum atomic E-state index is 13.4. The van der Waals surface area contributed by atoms with Crippen LogP contribution in [0.1, 0.15) is 24.0 Å². The molecule has 2 aliphatic rings. The van der Waals surface area contributed by atoms with Crippen LogP contribution in [0, 0.1) is 6.92 Å². The molecule has 2 heterocycles. The van der Waals surface area contributed by atoms with Gasteiger partial charge in [0.2, 0.25) is 15.9 Å². The van der Waals surface area contributed by atoms with E-state index in [4.69, 9.17) is 4.74 Å². The molecule has 0 bridgehead atoms. The number of aryl methyl sites for hydroxylation is 1. The molecule has 1 aromatic carbocycles. The Bertz CT molecular complexity index is 716. The van der Waals surface area contributed by atoms with E-state index in [9.17, 15) is 13.2 Å². The first-order chi connectivity index (χ1) is 11.8. The molecule has 7 heteroatoms. The molecule has 2 aliphatic heterocycles. The van der Waals surface area contributed by atoms with Gasteiger partial charge in [0, 0.05) is 39.4 Å². The maximum absolute atomic E-state index is 13.4. The van der Waals surface area contributed by atoms with Gasteiger partial charge in [0.15, 0.2) is 0 Å². The van der Waals surface area contributed by atoms with Crippen molar-refractivity contribution in [3.05, 3.63) is 35.4 Å². The normalized spacial score (nSPS) is 21.9. The lowest BCUT2D eigenvalue weighted by Crippen LogP contribution is -2.56. The number of hydrogen-bond donors (Lipinski definition) is 0. The number of hydrogen-bond acceptors (Lipinski definition) is 4. The Morgan fingerprint density at radius 3 is 2.12 bits per heavy atom. The van der Waals surface area contributed by atoms with Crippen molar-refractivity contribution in [1.29, 1.82) is 0 Å². The summed E-state index contributed by atoms with van der Waals surface area (Å²) < 4.78 is 30.3. The molecule has 1 aromatic rings. The molecular weight excluding hydrogens is 340 g/mol. The van der Waals surface area contributed by atoms with Crippen molar-refractivity contribution in [1.82, 2.24) is 9.21 Å². The Balaban J connectivity index is 1.82. The van der Waals surface area contributed by atoms with Gasteiger partial charge in [0.1, 0.15) is 0 Å². The first kappa shape index (κ1) is 18.4. The summed E-state index contributed by atoms with van der Waals surface area (Å²) in [5.41, 5.74) is 1.65. The molecule has 0 spiro atoms. The number of amides is 1. The van der Waals surface area contributed by atoms with Crippen LogP contribution < -0.4 is 0 Å². The molecule has 2 fully saturated rings. The molecule has 0 saturated carbocycles. The Kier molecular flexibility index (Phi) is 5.18. The third-order valence-corrected chi connectivity index (χ3v) is 6.66. The van der Waals surface area contributed by atoms with Gasteiger partial charge in [-0.25, -0.2) is 8.42 Å². The van der Waals surface area contributed by atoms with Crippen molar-refractivity contribution in [3.8, 4) is 0 Å². The summed E-state index contributed by atoms with van der Waals surface area (Å²) in [6.45, 7) is 4.80. The number of sulfonamides is 1. The number of rotatable bonds is 3. The van der Waals surface area contributed by atoms with E-state index in [1.165, 1.54) is 16.1 Å². The van der Waals surface area contributed by atoms with Gasteiger partial charge in [0.05, 0.1) is 11.7 Å². The topological polar surface area (TPSA) is 66.9 Å². The number of carbonyl (C=O) groups excluding carboxylic acids is 1. The number of ether oxygens (including phenoxy) is 1. The van der Waals surface area contributed by atoms with E-state index in [1.54, 1.807) is 0 Å². The summed E-state index contributed by atoms with van der Waals surface area (Å²) in [4.78, 5) is 15.2. The third kappa shape index (κ3) is 3.73. The highest BCUT2D eigenvalue weighted by Gasteiger charge is 2.44. The minimum atomic E-state index is -3.20. The van der Waals surface area contributed by atoms with Gasteiger partial charge in [-0.2, -0.15) is 4.31 Å². The highest BCUT2D eigenvalue weighted by molar-refractivity contribution is 7.88. The molecule has 25 heavy (non-hydrogen) atoms.